The summed E-state index contributed by atoms with van der Waals surface area (Å²) in [6.07, 6.45) is -2.20. The Hall–Kier alpha value is -1.29. The molecule has 39 heavy (non-hydrogen) atoms. The van der Waals surface area contributed by atoms with Gasteiger partial charge in [-0.25, -0.2) is 0 Å². The molecule has 2 unspecified atom stereocenters. The van der Waals surface area contributed by atoms with E-state index in [0.29, 0.717) is 12.3 Å². The first-order valence-corrected chi connectivity index (χ1v) is 14.8. The molecule has 0 radical (unpaired) electrons. The minimum Gasteiger partial charge on any atom is -0.461 e. The second kappa shape index (κ2) is 12.3. The first-order valence-electron chi connectivity index (χ1n) is 13.7. The lowest BCUT2D eigenvalue weighted by Crippen LogP contribution is -2.56. The number of esters is 1. The van der Waals surface area contributed by atoms with Crippen LogP contribution in [-0.4, -0.2) is 40.5 Å². The number of carbonyl (C=O) groups is 1. The van der Waals surface area contributed by atoms with E-state index < -0.39 is 24.4 Å². The average molecular weight is 630 g/mol. The van der Waals surface area contributed by atoms with Gasteiger partial charge in [0.1, 0.15) is 11.4 Å². The summed E-state index contributed by atoms with van der Waals surface area (Å²) < 4.78 is 83.9. The minimum absolute atomic E-state index is 0.0635. The second-order valence-electron chi connectivity index (χ2n) is 11.8. The molecule has 3 fully saturated rings. The SMILES string of the molecule is C=C1CC[C@H](OC(=O)CBr)CC1=CC=C1CCC[C@@]2(C)C1CC[C@@H]2C(C)CCCC(O)(C(F)(F)F)C(F)(F)F. The van der Waals surface area contributed by atoms with Crippen LogP contribution in [0.1, 0.15) is 84.5 Å². The van der Waals surface area contributed by atoms with Gasteiger partial charge in [-0.2, -0.15) is 26.3 Å². The molecule has 3 aliphatic carbocycles. The Labute approximate surface area is 235 Å². The first kappa shape index (κ1) is 32.2. The van der Waals surface area contributed by atoms with Gasteiger partial charge >= 0.3 is 18.3 Å². The summed E-state index contributed by atoms with van der Waals surface area (Å²) >= 11 is 3.12. The Morgan fingerprint density at radius 2 is 1.82 bits per heavy atom. The van der Waals surface area contributed by atoms with Gasteiger partial charge in [-0.1, -0.05) is 66.1 Å². The molecule has 0 aliphatic heterocycles. The molecule has 0 spiro atoms. The van der Waals surface area contributed by atoms with Gasteiger partial charge in [0.2, 0.25) is 0 Å². The predicted octanol–water partition coefficient (Wildman–Crippen LogP) is 8.76. The summed E-state index contributed by atoms with van der Waals surface area (Å²) in [5.41, 5.74) is -1.33. The van der Waals surface area contributed by atoms with E-state index in [0.717, 1.165) is 56.1 Å². The first-order chi connectivity index (χ1) is 18.0. The highest BCUT2D eigenvalue weighted by molar-refractivity contribution is 9.09. The third-order valence-corrected chi connectivity index (χ3v) is 9.89. The number of alkyl halides is 7. The Morgan fingerprint density at radius 1 is 1.15 bits per heavy atom. The Bertz CT molecular complexity index is 955. The topological polar surface area (TPSA) is 46.5 Å². The fraction of sp³-hybridized carbons (Fsp3) is 0.759. The fourth-order valence-corrected chi connectivity index (χ4v) is 7.37. The van der Waals surface area contributed by atoms with Crippen LogP contribution in [0.4, 0.5) is 26.3 Å². The van der Waals surface area contributed by atoms with Crippen LogP contribution in [0.5, 0.6) is 0 Å². The van der Waals surface area contributed by atoms with Crippen molar-refractivity contribution in [2.24, 2.45) is 23.2 Å². The number of rotatable bonds is 8. The Morgan fingerprint density at radius 3 is 2.44 bits per heavy atom. The average Bonchev–Trinajstić information content (AvgIpc) is 3.20. The zero-order chi connectivity index (χ0) is 29.2. The van der Waals surface area contributed by atoms with Crippen LogP contribution in [-0.2, 0) is 9.53 Å². The molecule has 5 atom stereocenters. The van der Waals surface area contributed by atoms with E-state index in [4.69, 9.17) is 4.74 Å². The number of carbonyl (C=O) groups excluding carboxylic acids is 1. The zero-order valence-electron chi connectivity index (χ0n) is 22.6. The molecule has 222 valence electrons. The summed E-state index contributed by atoms with van der Waals surface area (Å²) in [4.78, 5) is 11.7. The smallest absolute Gasteiger partial charge is 0.426 e. The number of hydrogen-bond acceptors (Lipinski definition) is 3. The van der Waals surface area contributed by atoms with Crippen LogP contribution >= 0.6 is 15.9 Å². The van der Waals surface area contributed by atoms with Crippen molar-refractivity contribution >= 4 is 21.9 Å². The predicted molar refractivity (Wildman–Crippen MR) is 141 cm³/mol. The highest BCUT2D eigenvalue weighted by Crippen LogP contribution is 2.60. The van der Waals surface area contributed by atoms with Gasteiger partial charge in [-0.3, -0.25) is 4.79 Å². The molecule has 0 saturated heterocycles. The van der Waals surface area contributed by atoms with Crippen molar-refractivity contribution in [1.29, 1.82) is 0 Å². The van der Waals surface area contributed by atoms with E-state index in [1.807, 2.05) is 6.92 Å². The molecule has 0 aromatic rings. The summed E-state index contributed by atoms with van der Waals surface area (Å²) in [5.74, 6) is 0.130. The second-order valence-corrected chi connectivity index (χ2v) is 12.4. The molecule has 0 bridgehead atoms. The lowest BCUT2D eigenvalue weighted by atomic mass is 9.60. The number of allylic oxidation sites excluding steroid dienone is 4. The van der Waals surface area contributed by atoms with Gasteiger partial charge in [-0.05, 0) is 86.5 Å². The van der Waals surface area contributed by atoms with Gasteiger partial charge < -0.3 is 9.84 Å². The van der Waals surface area contributed by atoms with E-state index in [1.165, 1.54) is 5.57 Å². The normalized spacial score (nSPS) is 31.4. The molecule has 3 nitrogen and oxygen atoms in total. The maximum Gasteiger partial charge on any atom is 0.426 e. The maximum absolute atomic E-state index is 13.1. The van der Waals surface area contributed by atoms with Gasteiger partial charge in [-0.15, -0.1) is 0 Å². The quantitative estimate of drug-likeness (QED) is 0.166. The number of aliphatic hydroxyl groups is 1. The highest BCUT2D eigenvalue weighted by Gasteiger charge is 2.69. The van der Waals surface area contributed by atoms with E-state index in [2.05, 4.69) is 41.6 Å². The molecule has 10 heteroatoms. The summed E-state index contributed by atoms with van der Waals surface area (Å²) in [5, 5.41) is 9.65. The summed E-state index contributed by atoms with van der Waals surface area (Å²) in [7, 11) is 0. The maximum atomic E-state index is 13.1. The lowest BCUT2D eigenvalue weighted by molar-refractivity contribution is -0.370. The van der Waals surface area contributed by atoms with Crippen molar-refractivity contribution in [2.75, 3.05) is 5.33 Å². The van der Waals surface area contributed by atoms with Gasteiger partial charge in [0.15, 0.2) is 0 Å². The molecule has 0 heterocycles. The van der Waals surface area contributed by atoms with E-state index in [1.54, 1.807) is 0 Å². The lowest BCUT2D eigenvalue weighted by Gasteiger charge is -2.44. The number of fused-ring (bicyclic) bond motifs is 1. The summed E-state index contributed by atoms with van der Waals surface area (Å²) in [6.45, 7) is 8.31. The molecule has 0 aromatic carbocycles. The van der Waals surface area contributed by atoms with Gasteiger partial charge in [0, 0.05) is 6.42 Å². The molecule has 1 N–H and O–H groups in total. The van der Waals surface area contributed by atoms with Crippen LogP contribution in [0.15, 0.2) is 35.5 Å². The van der Waals surface area contributed by atoms with Crippen molar-refractivity contribution in [1.82, 2.24) is 0 Å². The fourth-order valence-electron chi connectivity index (χ4n) is 7.24. The van der Waals surface area contributed by atoms with Crippen molar-refractivity contribution in [3.63, 3.8) is 0 Å². The van der Waals surface area contributed by atoms with Crippen LogP contribution in [0.25, 0.3) is 0 Å². The van der Waals surface area contributed by atoms with Crippen LogP contribution in [0, 0.1) is 23.2 Å². The van der Waals surface area contributed by atoms with Crippen molar-refractivity contribution in [3.8, 4) is 0 Å². The summed E-state index contributed by atoms with van der Waals surface area (Å²) in [6, 6.07) is 0. The largest absolute Gasteiger partial charge is 0.461 e. The van der Waals surface area contributed by atoms with Gasteiger partial charge in [0.05, 0.1) is 0 Å². The molecule has 0 amide bonds. The number of halogens is 7. The minimum atomic E-state index is -5.77. The van der Waals surface area contributed by atoms with E-state index in [9.17, 15) is 36.2 Å². The molecular formula is C29H39BrF6O3. The molecular weight excluding hydrogens is 590 g/mol. The molecule has 3 rings (SSSR count). The van der Waals surface area contributed by atoms with E-state index >= 15 is 0 Å². The number of ether oxygens (including phenoxy) is 1. The Balaban J connectivity index is 1.68. The molecule has 3 saturated carbocycles. The molecule has 3 aliphatic rings. The highest BCUT2D eigenvalue weighted by atomic mass is 79.9. The Kier molecular flexibility index (Phi) is 10.2. The standard InChI is InChI=1S/C29H39BrF6O3/c1-18-8-11-22(39-25(37)17-30)16-21(18)10-9-20-7-5-14-26(3)23(12-13-24(20)26)19(2)6-4-15-27(38,28(31,32)33)29(34,35)36/h9-10,19,22-24,38H,1,4-8,11-17H2,2-3H3/t19?,22-,23+,24?,26+/m0/s1. The third kappa shape index (κ3) is 6.96. The van der Waals surface area contributed by atoms with Crippen LogP contribution in [0.3, 0.4) is 0 Å². The third-order valence-electron chi connectivity index (χ3n) is 9.44. The van der Waals surface area contributed by atoms with Crippen molar-refractivity contribution in [2.45, 2.75) is 109 Å². The van der Waals surface area contributed by atoms with Crippen LogP contribution in [0.2, 0.25) is 0 Å². The number of hydrogen-bond donors (Lipinski definition) is 1. The van der Waals surface area contributed by atoms with Gasteiger partial charge in [0.25, 0.3) is 5.60 Å². The van der Waals surface area contributed by atoms with Crippen molar-refractivity contribution < 1.29 is 41.0 Å². The molecule has 0 aromatic heterocycles. The van der Waals surface area contributed by atoms with Crippen molar-refractivity contribution in [3.05, 3.63) is 35.5 Å². The monoisotopic (exact) mass is 628 g/mol. The zero-order valence-corrected chi connectivity index (χ0v) is 24.2. The van der Waals surface area contributed by atoms with Crippen LogP contribution < -0.4 is 0 Å². The van der Waals surface area contributed by atoms with E-state index in [-0.39, 0.29) is 47.5 Å².